The van der Waals surface area contributed by atoms with Gasteiger partial charge in [-0.15, -0.1) is 0 Å². The maximum absolute atomic E-state index is 10.1. The molecule has 0 aromatic heterocycles. The highest BCUT2D eigenvalue weighted by molar-refractivity contribution is 4.69. The van der Waals surface area contributed by atoms with Crippen LogP contribution in [0.3, 0.4) is 0 Å². The van der Waals surface area contributed by atoms with Gasteiger partial charge in [-0.25, -0.2) is 0 Å². The van der Waals surface area contributed by atoms with E-state index in [1.165, 1.54) is 0 Å². The van der Waals surface area contributed by atoms with Crippen molar-refractivity contribution in [3.8, 4) is 0 Å². The summed E-state index contributed by atoms with van der Waals surface area (Å²) in [6, 6.07) is 0. The van der Waals surface area contributed by atoms with Crippen molar-refractivity contribution in [2.75, 3.05) is 13.2 Å². The SMILES string of the molecule is CCC(C)OC(C)(O)CC(CO)COC(C)C. The van der Waals surface area contributed by atoms with Gasteiger partial charge >= 0.3 is 0 Å². The largest absolute Gasteiger partial charge is 0.396 e. The number of ether oxygens (including phenoxy) is 2. The molecule has 0 aliphatic heterocycles. The van der Waals surface area contributed by atoms with Crippen molar-refractivity contribution in [2.45, 2.75) is 65.5 Å². The highest BCUT2D eigenvalue weighted by Gasteiger charge is 2.27. The number of hydrogen-bond acceptors (Lipinski definition) is 4. The molecule has 104 valence electrons. The molecule has 17 heavy (non-hydrogen) atoms. The van der Waals surface area contributed by atoms with Crippen LogP contribution in [-0.2, 0) is 9.47 Å². The third kappa shape index (κ3) is 8.55. The van der Waals surface area contributed by atoms with Crippen LogP contribution in [0.25, 0.3) is 0 Å². The molecule has 3 unspecified atom stereocenters. The first kappa shape index (κ1) is 16.8. The Bertz CT molecular complexity index is 192. The first-order valence-corrected chi connectivity index (χ1v) is 6.43. The lowest BCUT2D eigenvalue weighted by Crippen LogP contribution is -2.36. The van der Waals surface area contributed by atoms with Crippen molar-refractivity contribution in [2.24, 2.45) is 5.92 Å². The van der Waals surface area contributed by atoms with Crippen molar-refractivity contribution < 1.29 is 19.7 Å². The van der Waals surface area contributed by atoms with Gasteiger partial charge in [-0.1, -0.05) is 6.92 Å². The second-order valence-corrected chi connectivity index (χ2v) is 5.15. The molecule has 0 aromatic carbocycles. The summed E-state index contributed by atoms with van der Waals surface area (Å²) < 4.78 is 11.0. The molecule has 0 bridgehead atoms. The van der Waals surface area contributed by atoms with Gasteiger partial charge in [-0.3, -0.25) is 0 Å². The summed E-state index contributed by atoms with van der Waals surface area (Å²) in [4.78, 5) is 0. The summed E-state index contributed by atoms with van der Waals surface area (Å²) in [6.45, 7) is 9.89. The first-order valence-electron chi connectivity index (χ1n) is 6.43. The molecule has 0 aromatic rings. The third-order valence-electron chi connectivity index (χ3n) is 2.62. The minimum absolute atomic E-state index is 0.00721. The van der Waals surface area contributed by atoms with E-state index in [4.69, 9.17) is 9.47 Å². The van der Waals surface area contributed by atoms with Gasteiger partial charge in [-0.2, -0.15) is 0 Å². The van der Waals surface area contributed by atoms with E-state index in [2.05, 4.69) is 0 Å². The Hall–Kier alpha value is -0.160. The average molecular weight is 248 g/mol. The fourth-order valence-corrected chi connectivity index (χ4v) is 1.61. The summed E-state index contributed by atoms with van der Waals surface area (Å²) in [5, 5.41) is 19.3. The van der Waals surface area contributed by atoms with Crippen LogP contribution in [0.1, 0.15) is 47.5 Å². The minimum atomic E-state index is -1.21. The number of aliphatic hydroxyl groups excluding tert-OH is 1. The Morgan fingerprint density at radius 2 is 1.82 bits per heavy atom. The fraction of sp³-hybridized carbons (Fsp3) is 1.00. The zero-order valence-electron chi connectivity index (χ0n) is 11.8. The molecule has 0 rings (SSSR count). The Labute approximate surface area is 105 Å². The number of rotatable bonds is 9. The van der Waals surface area contributed by atoms with Crippen molar-refractivity contribution in [3.05, 3.63) is 0 Å². The van der Waals surface area contributed by atoms with Crippen LogP contribution in [0.15, 0.2) is 0 Å². The van der Waals surface area contributed by atoms with E-state index in [1.807, 2.05) is 27.7 Å². The van der Waals surface area contributed by atoms with Gasteiger partial charge in [0.05, 0.1) is 18.8 Å². The van der Waals surface area contributed by atoms with Crippen LogP contribution in [0.5, 0.6) is 0 Å². The maximum Gasteiger partial charge on any atom is 0.163 e. The van der Waals surface area contributed by atoms with Crippen LogP contribution < -0.4 is 0 Å². The van der Waals surface area contributed by atoms with E-state index in [0.29, 0.717) is 13.0 Å². The molecule has 0 radical (unpaired) electrons. The number of aliphatic hydroxyl groups is 2. The van der Waals surface area contributed by atoms with E-state index in [-0.39, 0.29) is 24.7 Å². The lowest BCUT2D eigenvalue weighted by atomic mass is 10.0. The standard InChI is InChI=1S/C13H28O4/c1-6-11(4)17-13(5,15)7-12(8-14)9-16-10(2)3/h10-12,14-15H,6-9H2,1-5H3. The molecule has 0 saturated carbocycles. The third-order valence-corrected chi connectivity index (χ3v) is 2.62. The lowest BCUT2D eigenvalue weighted by molar-refractivity contribution is -0.228. The monoisotopic (exact) mass is 248 g/mol. The molecule has 3 atom stereocenters. The minimum Gasteiger partial charge on any atom is -0.396 e. The van der Waals surface area contributed by atoms with E-state index in [0.717, 1.165) is 6.42 Å². The highest BCUT2D eigenvalue weighted by Crippen LogP contribution is 2.21. The van der Waals surface area contributed by atoms with Crippen LogP contribution in [0.2, 0.25) is 0 Å². The van der Waals surface area contributed by atoms with Gasteiger partial charge in [0.25, 0.3) is 0 Å². The van der Waals surface area contributed by atoms with E-state index < -0.39 is 5.79 Å². The summed E-state index contributed by atoms with van der Waals surface area (Å²) in [6.07, 6.45) is 1.36. The molecular formula is C13H28O4. The molecule has 0 aliphatic rings. The predicted molar refractivity (Wildman–Crippen MR) is 67.7 cm³/mol. The van der Waals surface area contributed by atoms with Crippen molar-refractivity contribution in [1.82, 2.24) is 0 Å². The molecule has 0 amide bonds. The number of hydrogen-bond donors (Lipinski definition) is 2. The van der Waals surface area contributed by atoms with Crippen molar-refractivity contribution >= 4 is 0 Å². The summed E-state index contributed by atoms with van der Waals surface area (Å²) in [5.41, 5.74) is 0. The molecule has 4 nitrogen and oxygen atoms in total. The van der Waals surface area contributed by atoms with E-state index >= 15 is 0 Å². The molecule has 0 fully saturated rings. The highest BCUT2D eigenvalue weighted by atomic mass is 16.6. The van der Waals surface area contributed by atoms with Crippen molar-refractivity contribution in [1.29, 1.82) is 0 Å². The maximum atomic E-state index is 10.1. The van der Waals surface area contributed by atoms with Crippen molar-refractivity contribution in [3.63, 3.8) is 0 Å². The zero-order chi connectivity index (χ0) is 13.5. The fourth-order valence-electron chi connectivity index (χ4n) is 1.61. The topological polar surface area (TPSA) is 58.9 Å². The molecule has 0 aliphatic carbocycles. The lowest BCUT2D eigenvalue weighted by Gasteiger charge is -2.30. The average Bonchev–Trinajstić information content (AvgIpc) is 2.23. The Morgan fingerprint density at radius 3 is 2.24 bits per heavy atom. The summed E-state index contributed by atoms with van der Waals surface area (Å²) in [7, 11) is 0. The zero-order valence-corrected chi connectivity index (χ0v) is 11.8. The summed E-state index contributed by atoms with van der Waals surface area (Å²) >= 11 is 0. The molecule has 0 heterocycles. The second kappa shape index (κ2) is 8.03. The smallest absolute Gasteiger partial charge is 0.163 e. The van der Waals surface area contributed by atoms with Crippen LogP contribution in [0, 0.1) is 5.92 Å². The normalized spacial score (nSPS) is 19.1. The van der Waals surface area contributed by atoms with Gasteiger partial charge < -0.3 is 19.7 Å². The molecular weight excluding hydrogens is 220 g/mol. The van der Waals surface area contributed by atoms with Crippen LogP contribution >= 0.6 is 0 Å². The Balaban J connectivity index is 4.14. The summed E-state index contributed by atoms with van der Waals surface area (Å²) in [5.74, 6) is -1.31. The predicted octanol–water partition coefficient (Wildman–Crippen LogP) is 1.93. The molecule has 4 heteroatoms. The first-order chi connectivity index (χ1) is 7.80. The molecule has 0 saturated heterocycles. The van der Waals surface area contributed by atoms with Crippen LogP contribution in [0.4, 0.5) is 0 Å². The molecule has 0 spiro atoms. The second-order valence-electron chi connectivity index (χ2n) is 5.15. The van der Waals surface area contributed by atoms with Gasteiger partial charge in [-0.05, 0) is 34.1 Å². The van der Waals surface area contributed by atoms with Gasteiger partial charge in [0.1, 0.15) is 0 Å². The van der Waals surface area contributed by atoms with E-state index in [9.17, 15) is 10.2 Å². The van der Waals surface area contributed by atoms with Gasteiger partial charge in [0.2, 0.25) is 0 Å². The van der Waals surface area contributed by atoms with Gasteiger partial charge in [0.15, 0.2) is 5.79 Å². The van der Waals surface area contributed by atoms with E-state index in [1.54, 1.807) is 6.92 Å². The Kier molecular flexibility index (Phi) is 7.96. The van der Waals surface area contributed by atoms with Crippen LogP contribution in [-0.4, -0.2) is 41.4 Å². The molecule has 2 N–H and O–H groups in total. The quantitative estimate of drug-likeness (QED) is 0.612. The Morgan fingerprint density at radius 1 is 1.24 bits per heavy atom. The van der Waals surface area contributed by atoms with Gasteiger partial charge in [0, 0.05) is 18.9 Å².